The quantitative estimate of drug-likeness (QED) is 0.417. The molecule has 0 bridgehead atoms. The van der Waals surface area contributed by atoms with Crippen molar-refractivity contribution in [3.63, 3.8) is 0 Å². The molecule has 3 saturated carbocycles. The van der Waals surface area contributed by atoms with Crippen LogP contribution in [0, 0.1) is 23.7 Å². The SMILES string of the molecule is Nc1nc(Cl)cc(N[C@@H]2C[C@H](COC(=O)C3CCCCC3)[C@H]2COC(=O)C2CCCCC2)n1. The van der Waals surface area contributed by atoms with E-state index in [0.717, 1.165) is 57.8 Å². The van der Waals surface area contributed by atoms with Crippen molar-refractivity contribution in [1.82, 2.24) is 9.97 Å². The van der Waals surface area contributed by atoms with Gasteiger partial charge in [-0.3, -0.25) is 9.59 Å². The van der Waals surface area contributed by atoms with E-state index in [9.17, 15) is 9.59 Å². The summed E-state index contributed by atoms with van der Waals surface area (Å²) in [7, 11) is 0. The minimum Gasteiger partial charge on any atom is -0.465 e. The Labute approximate surface area is 200 Å². The number of nitrogens with one attached hydrogen (secondary N) is 1. The molecule has 3 N–H and O–H groups in total. The van der Waals surface area contributed by atoms with Gasteiger partial charge in [0.25, 0.3) is 0 Å². The van der Waals surface area contributed by atoms with E-state index in [-0.39, 0.29) is 52.8 Å². The predicted molar refractivity (Wildman–Crippen MR) is 126 cm³/mol. The molecule has 3 fully saturated rings. The van der Waals surface area contributed by atoms with Gasteiger partial charge >= 0.3 is 11.9 Å². The number of aromatic nitrogens is 2. The summed E-state index contributed by atoms with van der Waals surface area (Å²) in [5.74, 6) is 0.638. The highest BCUT2D eigenvalue weighted by atomic mass is 35.5. The Morgan fingerprint density at radius 3 is 2.09 bits per heavy atom. The van der Waals surface area contributed by atoms with Crippen LogP contribution in [-0.4, -0.2) is 41.2 Å². The van der Waals surface area contributed by atoms with Gasteiger partial charge < -0.3 is 20.5 Å². The minimum absolute atomic E-state index is 0.00767. The van der Waals surface area contributed by atoms with Crippen LogP contribution in [0.15, 0.2) is 6.07 Å². The lowest BCUT2D eigenvalue weighted by Crippen LogP contribution is -2.51. The summed E-state index contributed by atoms with van der Waals surface area (Å²) in [6, 6.07) is 1.65. The maximum Gasteiger partial charge on any atom is 0.308 e. The lowest BCUT2D eigenvalue weighted by molar-refractivity contribution is -0.159. The highest BCUT2D eigenvalue weighted by molar-refractivity contribution is 6.29. The molecule has 0 saturated heterocycles. The number of nitrogens with zero attached hydrogens (tertiary/aromatic N) is 2. The average Bonchev–Trinajstić information content (AvgIpc) is 2.81. The molecule has 4 rings (SSSR count). The Balaban J connectivity index is 1.34. The summed E-state index contributed by atoms with van der Waals surface area (Å²) in [4.78, 5) is 33.2. The Bertz CT molecular complexity index is 806. The average molecular weight is 479 g/mol. The molecule has 0 amide bonds. The lowest BCUT2D eigenvalue weighted by atomic mass is 9.70. The van der Waals surface area contributed by atoms with Crippen molar-refractivity contribution >= 4 is 35.3 Å². The summed E-state index contributed by atoms with van der Waals surface area (Å²) in [5.41, 5.74) is 5.72. The van der Waals surface area contributed by atoms with E-state index in [2.05, 4.69) is 15.3 Å². The van der Waals surface area contributed by atoms with Crippen molar-refractivity contribution in [2.45, 2.75) is 76.7 Å². The van der Waals surface area contributed by atoms with Crippen molar-refractivity contribution in [3.8, 4) is 0 Å². The number of carbonyl (C=O) groups is 2. The van der Waals surface area contributed by atoms with E-state index in [1.807, 2.05) is 0 Å². The van der Waals surface area contributed by atoms with Crippen molar-refractivity contribution in [2.24, 2.45) is 23.7 Å². The monoisotopic (exact) mass is 478 g/mol. The van der Waals surface area contributed by atoms with Crippen molar-refractivity contribution in [3.05, 3.63) is 11.2 Å². The first-order valence-corrected chi connectivity index (χ1v) is 12.8. The lowest BCUT2D eigenvalue weighted by Gasteiger charge is -2.44. The highest BCUT2D eigenvalue weighted by Gasteiger charge is 2.43. The molecule has 0 aliphatic heterocycles. The smallest absolute Gasteiger partial charge is 0.308 e. The van der Waals surface area contributed by atoms with E-state index in [0.29, 0.717) is 19.0 Å². The zero-order valence-corrected chi connectivity index (χ0v) is 19.9. The molecule has 1 heterocycles. The summed E-state index contributed by atoms with van der Waals surface area (Å²) >= 11 is 6.01. The van der Waals surface area contributed by atoms with Crippen molar-refractivity contribution < 1.29 is 19.1 Å². The van der Waals surface area contributed by atoms with Gasteiger partial charge in [0.15, 0.2) is 0 Å². The molecule has 0 spiro atoms. The number of nitrogens with two attached hydrogens (primary N) is 1. The molecule has 3 atom stereocenters. The number of ether oxygens (including phenoxy) is 2. The van der Waals surface area contributed by atoms with Crippen LogP contribution in [0.3, 0.4) is 0 Å². The maximum absolute atomic E-state index is 12.6. The molecule has 0 unspecified atom stereocenters. The van der Waals surface area contributed by atoms with Gasteiger partial charge in [0.1, 0.15) is 11.0 Å². The van der Waals surface area contributed by atoms with Crippen LogP contribution in [-0.2, 0) is 19.1 Å². The molecule has 1 aromatic heterocycles. The van der Waals surface area contributed by atoms with E-state index >= 15 is 0 Å². The fourth-order valence-electron chi connectivity index (χ4n) is 5.40. The van der Waals surface area contributed by atoms with Gasteiger partial charge in [0.05, 0.1) is 25.0 Å². The predicted octanol–water partition coefficient (Wildman–Crippen LogP) is 4.38. The van der Waals surface area contributed by atoms with Gasteiger partial charge in [-0.25, -0.2) is 4.98 Å². The van der Waals surface area contributed by atoms with Crippen molar-refractivity contribution in [1.29, 1.82) is 0 Å². The number of carbonyl (C=O) groups excluding carboxylic acids is 2. The number of halogens is 1. The molecule has 8 nitrogen and oxygen atoms in total. The third-order valence-corrected chi connectivity index (χ3v) is 7.65. The molecular weight excluding hydrogens is 444 g/mol. The highest BCUT2D eigenvalue weighted by Crippen LogP contribution is 2.38. The Hall–Kier alpha value is -2.09. The molecule has 0 aromatic carbocycles. The van der Waals surface area contributed by atoms with Crippen LogP contribution in [0.5, 0.6) is 0 Å². The Morgan fingerprint density at radius 1 is 0.939 bits per heavy atom. The first-order chi connectivity index (χ1) is 16.0. The zero-order valence-electron chi connectivity index (χ0n) is 19.1. The van der Waals surface area contributed by atoms with Gasteiger partial charge in [0, 0.05) is 23.9 Å². The summed E-state index contributed by atoms with van der Waals surface area (Å²) in [5, 5.41) is 3.61. The summed E-state index contributed by atoms with van der Waals surface area (Å²) in [6.45, 7) is 0.652. The van der Waals surface area contributed by atoms with E-state index in [1.54, 1.807) is 6.07 Å². The second-order valence-corrected chi connectivity index (χ2v) is 10.2. The Kier molecular flexibility index (Phi) is 8.28. The fourth-order valence-corrected chi connectivity index (χ4v) is 5.59. The molecule has 1 aromatic rings. The maximum atomic E-state index is 12.6. The number of anilines is 2. The van der Waals surface area contributed by atoms with Crippen LogP contribution < -0.4 is 11.1 Å². The van der Waals surface area contributed by atoms with Crippen LogP contribution in [0.4, 0.5) is 11.8 Å². The molecule has 3 aliphatic rings. The third kappa shape index (κ3) is 6.49. The van der Waals surface area contributed by atoms with Crippen molar-refractivity contribution in [2.75, 3.05) is 24.3 Å². The largest absolute Gasteiger partial charge is 0.465 e. The molecule has 33 heavy (non-hydrogen) atoms. The number of nitrogen functional groups attached to an aromatic ring is 1. The zero-order chi connectivity index (χ0) is 23.2. The number of esters is 2. The van der Waals surface area contributed by atoms with Gasteiger partial charge in [-0.05, 0) is 32.1 Å². The standard InChI is InChI=1S/C24H35ClN4O4/c25-20-12-21(29-24(26)28-20)27-19-11-17(13-32-22(30)15-7-3-1-4-8-15)18(19)14-33-23(31)16-9-5-2-6-10-16/h12,15-19H,1-11,13-14H2,(H3,26,27,28,29)/t17-,18-,19-/m1/s1. The van der Waals surface area contributed by atoms with Gasteiger partial charge in [0.2, 0.25) is 5.95 Å². The van der Waals surface area contributed by atoms with Gasteiger partial charge in [-0.15, -0.1) is 0 Å². The van der Waals surface area contributed by atoms with Crippen LogP contribution in [0.2, 0.25) is 5.15 Å². The van der Waals surface area contributed by atoms with Gasteiger partial charge in [-0.2, -0.15) is 4.98 Å². The normalized spacial score (nSPS) is 26.3. The molecule has 3 aliphatic carbocycles. The molecule has 9 heteroatoms. The first-order valence-electron chi connectivity index (χ1n) is 12.4. The first kappa shape index (κ1) is 24.0. The second kappa shape index (κ2) is 11.4. The van der Waals surface area contributed by atoms with Gasteiger partial charge in [-0.1, -0.05) is 50.1 Å². The summed E-state index contributed by atoms with van der Waals surface area (Å²) in [6.07, 6.45) is 11.2. The third-order valence-electron chi connectivity index (χ3n) is 7.46. The summed E-state index contributed by atoms with van der Waals surface area (Å²) < 4.78 is 11.5. The molecular formula is C24H35ClN4O4. The minimum atomic E-state index is -0.104. The molecule has 182 valence electrons. The number of hydrogen-bond donors (Lipinski definition) is 2. The van der Waals surface area contributed by atoms with E-state index in [1.165, 1.54) is 12.8 Å². The second-order valence-electron chi connectivity index (χ2n) is 9.77. The van der Waals surface area contributed by atoms with Crippen LogP contribution >= 0.6 is 11.6 Å². The van der Waals surface area contributed by atoms with E-state index in [4.69, 9.17) is 26.8 Å². The van der Waals surface area contributed by atoms with Crippen LogP contribution in [0.1, 0.15) is 70.6 Å². The number of rotatable bonds is 8. The topological polar surface area (TPSA) is 116 Å². The molecule has 0 radical (unpaired) electrons. The fraction of sp³-hybridized carbons (Fsp3) is 0.750. The van der Waals surface area contributed by atoms with Crippen LogP contribution in [0.25, 0.3) is 0 Å². The number of hydrogen-bond acceptors (Lipinski definition) is 8. The Morgan fingerprint density at radius 2 is 1.52 bits per heavy atom. The van der Waals surface area contributed by atoms with E-state index < -0.39 is 0 Å².